The van der Waals surface area contributed by atoms with E-state index in [2.05, 4.69) is 20.9 Å². The van der Waals surface area contributed by atoms with Crippen LogP contribution in [-0.2, 0) is 11.2 Å². The lowest BCUT2D eigenvalue weighted by Crippen LogP contribution is -2.41. The largest absolute Gasteiger partial charge is 0.494 e. The lowest BCUT2D eigenvalue weighted by Gasteiger charge is -2.33. The standard InChI is InChI=1S/C23H27N5O3S/c1-4-19-25-26-23-28(19)27-20(15-7-11-17(12-8-15)30-5-2)21(32-23)22(29)24-16-9-13-18(14-10-16)31-6-3/h7-14,20-21,27H,4-6H2,1-3H3,(H,24,29)/t20-,21+/m0/s1. The molecule has 4 rings (SSSR count). The number of hydrogen-bond acceptors (Lipinski definition) is 7. The monoisotopic (exact) mass is 453 g/mol. The molecular weight excluding hydrogens is 426 g/mol. The van der Waals surface area contributed by atoms with Crippen LogP contribution >= 0.6 is 11.8 Å². The Hall–Kier alpha value is -3.20. The van der Waals surface area contributed by atoms with Crippen LogP contribution in [0.3, 0.4) is 0 Å². The zero-order chi connectivity index (χ0) is 22.5. The van der Waals surface area contributed by atoms with Crippen molar-refractivity contribution in [2.24, 2.45) is 0 Å². The van der Waals surface area contributed by atoms with Crippen LogP contribution in [0.2, 0.25) is 0 Å². The van der Waals surface area contributed by atoms with Crippen molar-refractivity contribution >= 4 is 23.4 Å². The number of benzene rings is 2. The molecule has 2 heterocycles. The minimum absolute atomic E-state index is 0.113. The van der Waals surface area contributed by atoms with Crippen molar-refractivity contribution in [2.75, 3.05) is 24.0 Å². The SMILES string of the molecule is CCOc1ccc(NC(=O)[C@@H]2Sc3nnc(CC)n3N[C@H]2c2ccc(OCC)cc2)cc1. The number of ether oxygens (including phenoxy) is 2. The third-order valence-electron chi connectivity index (χ3n) is 5.06. The van der Waals surface area contributed by atoms with Gasteiger partial charge in [-0.25, -0.2) is 4.68 Å². The van der Waals surface area contributed by atoms with Crippen molar-refractivity contribution in [1.82, 2.24) is 14.9 Å². The Bertz CT molecular complexity index is 1050. The van der Waals surface area contributed by atoms with Crippen molar-refractivity contribution in [3.05, 3.63) is 59.9 Å². The number of aryl methyl sites for hydroxylation is 1. The fourth-order valence-corrected chi connectivity index (χ4v) is 4.63. The number of anilines is 1. The molecule has 0 unspecified atom stereocenters. The minimum atomic E-state index is -0.444. The Morgan fingerprint density at radius 2 is 1.62 bits per heavy atom. The molecule has 0 radical (unpaired) electrons. The molecule has 0 saturated heterocycles. The third kappa shape index (κ3) is 4.67. The lowest BCUT2D eigenvalue weighted by molar-refractivity contribution is -0.116. The zero-order valence-electron chi connectivity index (χ0n) is 18.4. The van der Waals surface area contributed by atoms with Gasteiger partial charge >= 0.3 is 0 Å². The topological polar surface area (TPSA) is 90.3 Å². The highest BCUT2D eigenvalue weighted by atomic mass is 32.2. The summed E-state index contributed by atoms with van der Waals surface area (Å²) in [6.45, 7) is 7.12. The average Bonchev–Trinajstić information content (AvgIpc) is 3.22. The Balaban J connectivity index is 1.59. The van der Waals surface area contributed by atoms with E-state index in [0.717, 1.165) is 29.3 Å². The molecule has 1 aliphatic heterocycles. The summed E-state index contributed by atoms with van der Waals surface area (Å²) in [6.07, 6.45) is 0.736. The number of aromatic nitrogens is 3. The van der Waals surface area contributed by atoms with Crippen LogP contribution in [0.4, 0.5) is 5.69 Å². The van der Waals surface area contributed by atoms with E-state index in [4.69, 9.17) is 9.47 Å². The number of fused-ring (bicyclic) bond motifs is 1. The number of rotatable bonds is 8. The Morgan fingerprint density at radius 3 is 2.22 bits per heavy atom. The van der Waals surface area contributed by atoms with Gasteiger partial charge in [0.1, 0.15) is 16.7 Å². The van der Waals surface area contributed by atoms with Gasteiger partial charge in [0.15, 0.2) is 5.82 Å². The van der Waals surface area contributed by atoms with Gasteiger partial charge in [-0.05, 0) is 55.8 Å². The molecule has 1 aliphatic rings. The molecule has 1 aromatic heterocycles. The number of carbonyl (C=O) groups is 1. The highest BCUT2D eigenvalue weighted by molar-refractivity contribution is 8.00. The Labute approximate surface area is 191 Å². The number of carbonyl (C=O) groups excluding carboxylic acids is 1. The van der Waals surface area contributed by atoms with Gasteiger partial charge < -0.3 is 20.2 Å². The molecule has 0 aliphatic carbocycles. The van der Waals surface area contributed by atoms with Crippen molar-refractivity contribution in [2.45, 2.75) is 43.6 Å². The quantitative estimate of drug-likeness (QED) is 0.532. The van der Waals surface area contributed by atoms with Crippen molar-refractivity contribution < 1.29 is 14.3 Å². The summed E-state index contributed by atoms with van der Waals surface area (Å²) in [5.41, 5.74) is 5.15. The van der Waals surface area contributed by atoms with Crippen molar-refractivity contribution in [3.8, 4) is 11.5 Å². The van der Waals surface area contributed by atoms with Crippen LogP contribution in [-0.4, -0.2) is 39.2 Å². The molecule has 32 heavy (non-hydrogen) atoms. The van der Waals surface area contributed by atoms with E-state index in [-0.39, 0.29) is 11.9 Å². The summed E-state index contributed by atoms with van der Waals surface area (Å²) in [5.74, 6) is 2.28. The van der Waals surface area contributed by atoms with Gasteiger partial charge in [0, 0.05) is 12.1 Å². The Kier molecular flexibility index (Phi) is 6.84. The molecule has 2 atom stereocenters. The summed E-state index contributed by atoms with van der Waals surface area (Å²) in [5, 5.41) is 11.8. The van der Waals surface area contributed by atoms with Gasteiger partial charge in [-0.3, -0.25) is 4.79 Å². The maximum atomic E-state index is 13.3. The van der Waals surface area contributed by atoms with Crippen LogP contribution in [0.1, 0.15) is 38.2 Å². The molecule has 0 saturated carbocycles. The fraction of sp³-hybridized carbons (Fsp3) is 0.348. The first-order valence-corrected chi connectivity index (χ1v) is 11.6. The molecule has 2 aromatic carbocycles. The van der Waals surface area contributed by atoms with Gasteiger partial charge in [0.05, 0.1) is 19.3 Å². The van der Waals surface area contributed by atoms with Gasteiger partial charge in [-0.15, -0.1) is 10.2 Å². The fourth-order valence-electron chi connectivity index (χ4n) is 3.53. The number of nitrogens with one attached hydrogen (secondary N) is 2. The summed E-state index contributed by atoms with van der Waals surface area (Å²) in [6, 6.07) is 14.9. The highest BCUT2D eigenvalue weighted by Crippen LogP contribution is 2.38. The van der Waals surface area contributed by atoms with Crippen LogP contribution in [0.25, 0.3) is 0 Å². The van der Waals surface area contributed by atoms with Crippen molar-refractivity contribution in [1.29, 1.82) is 0 Å². The maximum Gasteiger partial charge on any atom is 0.240 e. The number of nitrogens with zero attached hydrogens (tertiary/aromatic N) is 3. The van der Waals surface area contributed by atoms with Crippen LogP contribution < -0.4 is 20.2 Å². The van der Waals surface area contributed by atoms with E-state index in [9.17, 15) is 4.79 Å². The predicted molar refractivity (Wildman–Crippen MR) is 125 cm³/mol. The molecule has 1 amide bonds. The minimum Gasteiger partial charge on any atom is -0.494 e. The molecule has 168 valence electrons. The van der Waals surface area contributed by atoms with Crippen LogP contribution in [0.5, 0.6) is 11.5 Å². The van der Waals surface area contributed by atoms with Crippen molar-refractivity contribution in [3.63, 3.8) is 0 Å². The summed E-state index contributed by atoms with van der Waals surface area (Å²) in [7, 11) is 0. The highest BCUT2D eigenvalue weighted by Gasteiger charge is 2.37. The molecule has 3 aromatic rings. The summed E-state index contributed by atoms with van der Waals surface area (Å²) < 4.78 is 12.9. The average molecular weight is 454 g/mol. The van der Waals surface area contributed by atoms with Gasteiger partial charge in [-0.1, -0.05) is 30.8 Å². The van der Waals surface area contributed by atoms with Gasteiger partial charge in [-0.2, -0.15) is 0 Å². The molecule has 0 spiro atoms. The third-order valence-corrected chi connectivity index (χ3v) is 6.28. The maximum absolute atomic E-state index is 13.3. The van der Waals surface area contributed by atoms with Gasteiger partial charge in [0.2, 0.25) is 11.1 Å². The van der Waals surface area contributed by atoms with Crippen LogP contribution in [0, 0.1) is 0 Å². The molecular formula is C23H27N5O3S. The second-order valence-corrected chi connectivity index (χ2v) is 8.29. The van der Waals surface area contributed by atoms with E-state index in [1.54, 1.807) is 0 Å². The molecule has 0 fully saturated rings. The molecule has 0 bridgehead atoms. The van der Waals surface area contributed by atoms with Gasteiger partial charge in [0.25, 0.3) is 0 Å². The molecule has 2 N–H and O–H groups in total. The van der Waals surface area contributed by atoms with Crippen LogP contribution in [0.15, 0.2) is 53.7 Å². The summed E-state index contributed by atoms with van der Waals surface area (Å²) >= 11 is 1.41. The normalized spacial score (nSPS) is 17.2. The molecule has 8 nitrogen and oxygen atoms in total. The molecule has 9 heteroatoms. The van der Waals surface area contributed by atoms with E-state index in [0.29, 0.717) is 24.1 Å². The Morgan fingerprint density at radius 1 is 1.00 bits per heavy atom. The lowest BCUT2D eigenvalue weighted by atomic mass is 10.0. The number of thioether (sulfide) groups is 1. The second kappa shape index (κ2) is 9.95. The first-order chi connectivity index (χ1) is 15.6. The van der Waals surface area contributed by atoms with E-state index < -0.39 is 5.25 Å². The first-order valence-electron chi connectivity index (χ1n) is 10.8. The van der Waals surface area contributed by atoms with E-state index in [1.807, 2.05) is 74.0 Å². The summed E-state index contributed by atoms with van der Waals surface area (Å²) in [4.78, 5) is 13.3. The second-order valence-electron chi connectivity index (χ2n) is 7.18. The van der Waals surface area contributed by atoms with E-state index >= 15 is 0 Å². The van der Waals surface area contributed by atoms with E-state index in [1.165, 1.54) is 11.8 Å². The zero-order valence-corrected chi connectivity index (χ0v) is 19.2. The first kappa shape index (κ1) is 22.0. The number of hydrogen-bond donors (Lipinski definition) is 2. The number of amides is 1. The smallest absolute Gasteiger partial charge is 0.240 e. The predicted octanol–water partition coefficient (Wildman–Crippen LogP) is 4.04.